The number of ketones is 1. The highest BCUT2D eigenvalue weighted by Gasteiger charge is 2.54. The van der Waals surface area contributed by atoms with Crippen LogP contribution in [0.15, 0.2) is 48.0 Å². The first-order chi connectivity index (χ1) is 16.2. The van der Waals surface area contributed by atoms with Gasteiger partial charge in [-0.2, -0.15) is 0 Å². The molecule has 2 bridgehead atoms. The summed E-state index contributed by atoms with van der Waals surface area (Å²) in [5, 5.41) is 11.1. The fraction of sp³-hybridized carbons (Fsp3) is 0.500. The number of allylic oxidation sites excluding steroid dienone is 2. The summed E-state index contributed by atoms with van der Waals surface area (Å²) in [5.74, 6) is 1.72. The first kappa shape index (κ1) is 23.0. The minimum atomic E-state index is -0.404. The first-order valence-corrected chi connectivity index (χ1v) is 12.7. The van der Waals surface area contributed by atoms with E-state index >= 15 is 0 Å². The third kappa shape index (κ3) is 4.01. The quantitative estimate of drug-likeness (QED) is 0.368. The molecule has 1 N–H and O–H groups in total. The molecule has 5 rings (SSSR count). The zero-order valence-corrected chi connectivity index (χ0v) is 20.8. The van der Waals surface area contributed by atoms with Crippen molar-refractivity contribution in [1.29, 1.82) is 0 Å². The Bertz CT molecular complexity index is 1130. The van der Waals surface area contributed by atoms with E-state index in [4.69, 9.17) is 9.47 Å². The van der Waals surface area contributed by atoms with Gasteiger partial charge in [0.1, 0.15) is 34.0 Å². The number of carbonyl (C=O) groups excluding carboxylic acids is 1. The van der Waals surface area contributed by atoms with Gasteiger partial charge in [0.25, 0.3) is 0 Å². The highest BCUT2D eigenvalue weighted by Crippen LogP contribution is 2.61. The molecular formula is C30H36O4. The molecule has 1 aliphatic carbocycles. The van der Waals surface area contributed by atoms with Gasteiger partial charge >= 0.3 is 0 Å². The lowest BCUT2D eigenvalue weighted by Crippen LogP contribution is -2.50. The van der Waals surface area contributed by atoms with Crippen molar-refractivity contribution in [3.05, 3.63) is 64.7 Å². The van der Waals surface area contributed by atoms with Crippen LogP contribution in [0.25, 0.3) is 0 Å². The van der Waals surface area contributed by atoms with Crippen molar-refractivity contribution in [2.75, 3.05) is 0 Å². The number of carbonyl (C=O) groups is 1. The van der Waals surface area contributed by atoms with Gasteiger partial charge in [-0.15, -0.1) is 0 Å². The average Bonchev–Trinajstić information content (AvgIpc) is 2.90. The average molecular weight is 461 g/mol. The summed E-state index contributed by atoms with van der Waals surface area (Å²) in [6, 6.07) is 11.4. The summed E-state index contributed by atoms with van der Waals surface area (Å²) in [6.07, 6.45) is 8.41. The molecule has 180 valence electrons. The van der Waals surface area contributed by atoms with Crippen molar-refractivity contribution in [2.24, 2.45) is 5.92 Å². The van der Waals surface area contributed by atoms with Gasteiger partial charge in [0, 0.05) is 29.9 Å². The van der Waals surface area contributed by atoms with Gasteiger partial charge in [-0.05, 0) is 71.8 Å². The van der Waals surface area contributed by atoms with Crippen molar-refractivity contribution in [1.82, 2.24) is 0 Å². The third-order valence-corrected chi connectivity index (χ3v) is 8.15. The van der Waals surface area contributed by atoms with Gasteiger partial charge in [0.05, 0.1) is 0 Å². The largest absolute Gasteiger partial charge is 0.507 e. The van der Waals surface area contributed by atoms with E-state index in [0.29, 0.717) is 23.0 Å². The molecule has 3 aliphatic rings. The second-order valence-electron chi connectivity index (χ2n) is 11.2. The molecule has 1 fully saturated rings. The molecule has 0 radical (unpaired) electrons. The minimum absolute atomic E-state index is 0.0398. The molecule has 0 aromatic heterocycles. The van der Waals surface area contributed by atoms with Crippen LogP contribution >= 0.6 is 0 Å². The van der Waals surface area contributed by atoms with E-state index in [2.05, 4.69) is 33.8 Å². The lowest BCUT2D eigenvalue weighted by atomic mass is 9.66. The second-order valence-corrected chi connectivity index (χ2v) is 11.2. The zero-order chi connectivity index (χ0) is 24.1. The van der Waals surface area contributed by atoms with E-state index in [0.717, 1.165) is 49.7 Å². The van der Waals surface area contributed by atoms with E-state index in [1.165, 1.54) is 5.57 Å². The van der Waals surface area contributed by atoms with E-state index in [9.17, 15) is 9.90 Å². The molecule has 4 heteroatoms. The Morgan fingerprint density at radius 1 is 1.18 bits per heavy atom. The molecule has 1 saturated carbocycles. The summed E-state index contributed by atoms with van der Waals surface area (Å²) < 4.78 is 13.3. The number of phenols is 1. The van der Waals surface area contributed by atoms with E-state index in [1.807, 2.05) is 30.3 Å². The van der Waals surface area contributed by atoms with Gasteiger partial charge in [0.2, 0.25) is 0 Å². The Kier molecular flexibility index (Phi) is 5.74. The van der Waals surface area contributed by atoms with Gasteiger partial charge in [0.15, 0.2) is 5.78 Å². The van der Waals surface area contributed by atoms with Crippen LogP contribution in [0.3, 0.4) is 0 Å². The monoisotopic (exact) mass is 460 g/mol. The Labute approximate surface area is 203 Å². The first-order valence-electron chi connectivity index (χ1n) is 12.7. The molecular weight excluding hydrogens is 424 g/mol. The fourth-order valence-electron chi connectivity index (χ4n) is 6.51. The predicted molar refractivity (Wildman–Crippen MR) is 134 cm³/mol. The number of hydrogen-bond acceptors (Lipinski definition) is 4. The van der Waals surface area contributed by atoms with Crippen molar-refractivity contribution in [3.8, 4) is 17.2 Å². The maximum absolute atomic E-state index is 13.5. The number of phenolic OH excluding ortho intramolecular Hbond substituents is 1. The lowest BCUT2D eigenvalue weighted by Gasteiger charge is -2.50. The summed E-state index contributed by atoms with van der Waals surface area (Å²) in [5.41, 5.74) is 2.89. The SMILES string of the molecule is CC(C)=CCC[C@@]1(C)Oc2c(C(=O)Cc3ccccc3)c(O)cc3c2C2C[C@@](C)(CCC[C@@H]21)O3. The third-order valence-electron chi connectivity index (χ3n) is 8.15. The van der Waals surface area contributed by atoms with Crippen LogP contribution in [-0.4, -0.2) is 22.1 Å². The van der Waals surface area contributed by atoms with Crippen molar-refractivity contribution >= 4 is 5.78 Å². The molecule has 4 atom stereocenters. The van der Waals surface area contributed by atoms with Gasteiger partial charge in [-0.1, -0.05) is 42.0 Å². The predicted octanol–water partition coefficient (Wildman–Crippen LogP) is 7.14. The highest BCUT2D eigenvalue weighted by atomic mass is 16.5. The minimum Gasteiger partial charge on any atom is -0.507 e. The summed E-state index contributed by atoms with van der Waals surface area (Å²) in [7, 11) is 0. The molecule has 2 aliphatic heterocycles. The van der Waals surface area contributed by atoms with Gasteiger partial charge in [-0.3, -0.25) is 4.79 Å². The number of hydrogen-bond donors (Lipinski definition) is 1. The molecule has 2 heterocycles. The topological polar surface area (TPSA) is 55.8 Å². The van der Waals surface area contributed by atoms with E-state index < -0.39 is 5.60 Å². The number of fused-ring (bicyclic) bond motifs is 1. The van der Waals surface area contributed by atoms with E-state index in [-0.39, 0.29) is 29.5 Å². The Morgan fingerprint density at radius 3 is 2.68 bits per heavy atom. The molecule has 0 saturated heterocycles. The molecule has 1 unspecified atom stereocenters. The normalized spacial score (nSPS) is 28.8. The van der Waals surface area contributed by atoms with Crippen LogP contribution in [0.2, 0.25) is 0 Å². The van der Waals surface area contributed by atoms with Crippen molar-refractivity contribution < 1.29 is 19.4 Å². The smallest absolute Gasteiger partial charge is 0.174 e. The Morgan fingerprint density at radius 2 is 1.94 bits per heavy atom. The Balaban J connectivity index is 1.62. The van der Waals surface area contributed by atoms with Crippen LogP contribution in [0, 0.1) is 5.92 Å². The summed E-state index contributed by atoms with van der Waals surface area (Å²) in [6.45, 7) is 8.66. The van der Waals surface area contributed by atoms with Crippen LogP contribution in [0.4, 0.5) is 0 Å². The lowest BCUT2D eigenvalue weighted by molar-refractivity contribution is -0.0357. The van der Waals surface area contributed by atoms with Crippen LogP contribution < -0.4 is 9.47 Å². The maximum atomic E-state index is 13.5. The summed E-state index contributed by atoms with van der Waals surface area (Å²) in [4.78, 5) is 13.5. The number of Topliss-reactive ketones (excluding diaryl/α,β-unsaturated/α-hetero) is 1. The highest BCUT2D eigenvalue weighted by molar-refractivity contribution is 6.03. The molecule has 34 heavy (non-hydrogen) atoms. The van der Waals surface area contributed by atoms with Crippen molar-refractivity contribution in [2.45, 2.75) is 89.8 Å². The summed E-state index contributed by atoms with van der Waals surface area (Å²) >= 11 is 0. The molecule has 0 spiro atoms. The maximum Gasteiger partial charge on any atom is 0.174 e. The van der Waals surface area contributed by atoms with Gasteiger partial charge < -0.3 is 14.6 Å². The standard InChI is InChI=1S/C30H36O4/c1-19(2)10-8-15-30(4)22-13-9-14-29(3)18-21(22)26-25(33-29)17-24(32)27(28(26)34-30)23(31)16-20-11-6-5-7-12-20/h5-7,10-12,17,21-22,32H,8-9,13-16,18H2,1-4H3/t21?,22-,29+,30+/m0/s1. The Hall–Kier alpha value is -2.75. The van der Waals surface area contributed by atoms with Crippen molar-refractivity contribution in [3.63, 3.8) is 0 Å². The second kappa shape index (κ2) is 8.48. The zero-order valence-electron chi connectivity index (χ0n) is 20.8. The molecule has 2 aromatic rings. The van der Waals surface area contributed by atoms with Gasteiger partial charge in [-0.25, -0.2) is 0 Å². The molecule has 4 nitrogen and oxygen atoms in total. The van der Waals surface area contributed by atoms with E-state index in [1.54, 1.807) is 6.07 Å². The molecule has 0 amide bonds. The van der Waals surface area contributed by atoms with Crippen LogP contribution in [0.1, 0.15) is 93.6 Å². The number of aromatic hydroxyl groups is 1. The van der Waals surface area contributed by atoms with Crippen LogP contribution in [0.5, 0.6) is 17.2 Å². The number of rotatable bonds is 6. The van der Waals surface area contributed by atoms with Crippen LogP contribution in [-0.2, 0) is 6.42 Å². The number of benzene rings is 2. The molecule has 2 aromatic carbocycles. The fourth-order valence-corrected chi connectivity index (χ4v) is 6.51. The number of ether oxygens (including phenoxy) is 2.